The normalized spacial score (nSPS) is 11.8. The zero-order chi connectivity index (χ0) is 33.0. The molecule has 258 valence electrons. The zero-order valence-corrected chi connectivity index (χ0v) is 32.4. The van der Waals surface area contributed by atoms with Crippen molar-refractivity contribution in [2.45, 2.75) is 165 Å². The van der Waals surface area contributed by atoms with Crippen LogP contribution < -0.4 is 34.3 Å². The van der Waals surface area contributed by atoms with Gasteiger partial charge in [0.2, 0.25) is 0 Å². The molecule has 0 spiro atoms. The molecule has 2 aromatic carbocycles. The molecular weight excluding hydrogens is 632 g/mol. The summed E-state index contributed by atoms with van der Waals surface area (Å²) in [5.74, 6) is 0.0981. The number of benzene rings is 2. The van der Waals surface area contributed by atoms with E-state index in [1.165, 1.54) is 108 Å². The fourth-order valence-corrected chi connectivity index (χ4v) is 7.87. The molecule has 0 aliphatic carbocycles. The first-order valence-corrected chi connectivity index (χ1v) is 20.3. The molecule has 0 amide bonds. The molecule has 2 aromatic rings. The molecule has 0 fully saturated rings. The molecule has 0 atom stereocenters. The van der Waals surface area contributed by atoms with Crippen molar-refractivity contribution in [2.75, 3.05) is 0 Å². The van der Waals surface area contributed by atoms with Crippen molar-refractivity contribution < 1.29 is 61.7 Å². The van der Waals surface area contributed by atoms with Gasteiger partial charge in [0.05, 0.1) is 0 Å². The molecule has 0 aliphatic heterocycles. The van der Waals surface area contributed by atoms with Gasteiger partial charge in [0, 0.05) is 0 Å². The maximum absolute atomic E-state index is 12.2. The van der Waals surface area contributed by atoms with Gasteiger partial charge in [0.15, 0.2) is 4.90 Å². The van der Waals surface area contributed by atoms with Crippen molar-refractivity contribution in [3.8, 4) is 11.5 Å². The Hall–Kier alpha value is -0.940. The Morgan fingerprint density at radius 3 is 1.41 bits per heavy atom. The molecule has 0 heterocycles. The van der Waals surface area contributed by atoms with Crippen LogP contribution in [-0.2, 0) is 33.1 Å². The third-order valence-corrected chi connectivity index (χ3v) is 10.5. The van der Waals surface area contributed by atoms with E-state index in [1.807, 2.05) is 6.07 Å². The molecule has 0 aliphatic rings. The van der Waals surface area contributed by atoms with Crippen LogP contribution in [0.2, 0.25) is 0 Å². The second-order valence-electron chi connectivity index (χ2n) is 12.4. The Morgan fingerprint density at radius 1 is 0.543 bits per heavy atom. The van der Waals surface area contributed by atoms with Gasteiger partial charge >= 0.3 is 29.6 Å². The Bertz CT molecular complexity index is 1330. The Balaban J connectivity index is 0.0000106. The molecule has 0 unspecified atom stereocenters. The number of aryl methyl sites for hydroxylation is 1. The Labute approximate surface area is 304 Å². The van der Waals surface area contributed by atoms with Crippen LogP contribution >= 0.6 is 0 Å². The number of hydrogen-bond donors (Lipinski definition) is 2. The van der Waals surface area contributed by atoms with E-state index < -0.39 is 30.0 Å². The van der Waals surface area contributed by atoms with Gasteiger partial charge in [-0.15, -0.1) is 0 Å². The monoisotopic (exact) mass is 690 g/mol. The first kappa shape index (κ1) is 43.1. The van der Waals surface area contributed by atoms with E-state index in [1.54, 1.807) is 6.07 Å². The van der Waals surface area contributed by atoms with Gasteiger partial charge < -0.3 is 6.16 Å². The van der Waals surface area contributed by atoms with Crippen LogP contribution in [0.25, 0.3) is 0 Å². The predicted octanol–water partition coefficient (Wildman–Crippen LogP) is 8.02. The van der Waals surface area contributed by atoms with Crippen LogP contribution in [0.3, 0.4) is 0 Å². The smallest absolute Gasteiger partial charge is 1.00 e. The van der Waals surface area contributed by atoms with E-state index in [-0.39, 0.29) is 36.7 Å². The fourth-order valence-electron chi connectivity index (χ4n) is 5.97. The van der Waals surface area contributed by atoms with Crippen LogP contribution in [0.5, 0.6) is 11.5 Å². The summed E-state index contributed by atoms with van der Waals surface area (Å²) in [4.78, 5) is -1.88. The van der Waals surface area contributed by atoms with Gasteiger partial charge in [-0.1, -0.05) is 148 Å². The predicted molar refractivity (Wildman–Crippen MR) is 185 cm³/mol. The maximum atomic E-state index is 12.2. The summed E-state index contributed by atoms with van der Waals surface area (Å²) in [7, 11) is -9.95. The molecular formula is C36H59NaO7S2. The summed E-state index contributed by atoms with van der Waals surface area (Å²) in [5, 5.41) is 0. The van der Waals surface area contributed by atoms with Crippen molar-refractivity contribution in [1.29, 1.82) is 0 Å². The van der Waals surface area contributed by atoms with Gasteiger partial charge in [-0.25, -0.2) is 0 Å². The van der Waals surface area contributed by atoms with Crippen molar-refractivity contribution in [2.24, 2.45) is 0 Å². The molecule has 0 aromatic heterocycles. The number of rotatable bonds is 26. The van der Waals surface area contributed by atoms with Crippen LogP contribution in [0.1, 0.15) is 155 Å². The van der Waals surface area contributed by atoms with Crippen LogP contribution in [-0.4, -0.2) is 25.9 Å². The van der Waals surface area contributed by atoms with E-state index >= 15 is 0 Å². The number of ether oxygens (including phenoxy) is 1. The minimum absolute atomic E-state index is 0. The number of hydrogen-bond acceptors (Lipinski definition) is 5. The second kappa shape index (κ2) is 24.2. The Kier molecular flexibility index (Phi) is 22.7. The zero-order valence-electron chi connectivity index (χ0n) is 29.8. The summed E-state index contributed by atoms with van der Waals surface area (Å²) in [6.45, 7) is 4.47. The minimum Gasteiger partial charge on any atom is -1.00 e. The topological polar surface area (TPSA) is 118 Å². The molecule has 46 heavy (non-hydrogen) atoms. The van der Waals surface area contributed by atoms with Gasteiger partial charge in [-0.3, -0.25) is 9.11 Å². The van der Waals surface area contributed by atoms with Crippen molar-refractivity contribution in [1.82, 2.24) is 0 Å². The molecule has 0 bridgehead atoms. The van der Waals surface area contributed by atoms with Gasteiger partial charge in [0.25, 0.3) is 20.2 Å². The van der Waals surface area contributed by atoms with Crippen LogP contribution in [0.15, 0.2) is 46.2 Å². The molecule has 0 saturated heterocycles. The summed E-state index contributed by atoms with van der Waals surface area (Å²) < 4.78 is 74.0. The van der Waals surface area contributed by atoms with Crippen molar-refractivity contribution >= 4 is 20.2 Å². The van der Waals surface area contributed by atoms with E-state index in [4.69, 9.17) is 4.74 Å². The summed E-state index contributed by atoms with van der Waals surface area (Å²) >= 11 is 0. The van der Waals surface area contributed by atoms with E-state index in [9.17, 15) is 25.9 Å². The van der Waals surface area contributed by atoms with Crippen molar-refractivity contribution in [3.05, 3.63) is 47.5 Å². The quantitative estimate of drug-likeness (QED) is 0.0583. The molecule has 10 heteroatoms. The summed E-state index contributed by atoms with van der Waals surface area (Å²) in [6, 6.07) is 9.20. The number of unbranched alkanes of at least 4 members (excludes halogenated alkanes) is 18. The molecule has 0 saturated carbocycles. The summed E-state index contributed by atoms with van der Waals surface area (Å²) in [6.07, 6.45) is 26.3. The van der Waals surface area contributed by atoms with Gasteiger partial charge in [0.1, 0.15) is 16.4 Å². The second-order valence-corrected chi connectivity index (χ2v) is 15.1. The van der Waals surface area contributed by atoms with Crippen LogP contribution in [0, 0.1) is 0 Å². The maximum Gasteiger partial charge on any atom is 1.00 e. The van der Waals surface area contributed by atoms with Gasteiger partial charge in [-0.05, 0) is 55.0 Å². The van der Waals surface area contributed by atoms with E-state index in [2.05, 4.69) is 19.9 Å². The average Bonchev–Trinajstić information content (AvgIpc) is 2.99. The first-order valence-electron chi connectivity index (χ1n) is 17.5. The molecule has 2 rings (SSSR count). The fraction of sp³-hybridized carbons (Fsp3) is 0.667. The summed E-state index contributed by atoms with van der Waals surface area (Å²) in [5.41, 5.74) is 2.12. The van der Waals surface area contributed by atoms with E-state index in [0.717, 1.165) is 62.1 Å². The standard InChI is InChI=1S/C36H58O7S2.Na.H/c1-3-5-7-9-11-13-15-17-19-21-25-31-26-23-28-33(32(31)27-22-20-18-16-14-12-10-8-6-4-2)43-34-29-24-30-35(44(37,38)39)36(34)45(40,41)42;;/h23-24,26,28-30H,3-22,25,27H2,1-2H3,(H,37,38,39)(H,40,41,42);;/q;+1;-1. The molecule has 7 nitrogen and oxygen atoms in total. The molecule has 2 N–H and O–H groups in total. The van der Waals surface area contributed by atoms with Crippen LogP contribution in [0.4, 0.5) is 0 Å². The van der Waals surface area contributed by atoms with Crippen molar-refractivity contribution in [3.63, 3.8) is 0 Å². The average molecular weight is 691 g/mol. The van der Waals surface area contributed by atoms with Gasteiger partial charge in [-0.2, -0.15) is 16.8 Å². The van der Waals surface area contributed by atoms with E-state index in [0.29, 0.717) is 5.75 Å². The Morgan fingerprint density at radius 2 is 0.957 bits per heavy atom. The SMILES string of the molecule is CCCCCCCCCCCCc1cccc(Oc2cccc(S(=O)(=O)O)c2S(=O)(=O)O)c1CCCCCCCCCCCC.[H-].[Na+]. The third-order valence-electron chi connectivity index (χ3n) is 8.51. The first-order chi connectivity index (χ1) is 21.6. The molecule has 0 radical (unpaired) electrons. The third kappa shape index (κ3) is 16.9. The minimum atomic E-state index is -5.02. The largest absolute Gasteiger partial charge is 1.00 e.